The fourth-order valence-corrected chi connectivity index (χ4v) is 9.50. The molecule has 2 aliphatic carbocycles. The van der Waals surface area contributed by atoms with E-state index in [9.17, 15) is 66.1 Å². The number of Topliss-reactive ketones (excluding diaryl/α,β-unsaturated/α-hetero) is 1. The number of aliphatic hydroxyl groups is 8. The van der Waals surface area contributed by atoms with Crippen molar-refractivity contribution < 1.29 is 85.0 Å². The van der Waals surface area contributed by atoms with E-state index in [-0.39, 0.29) is 58.0 Å². The van der Waals surface area contributed by atoms with E-state index in [0.717, 1.165) is 11.6 Å². The fourth-order valence-electron chi connectivity index (χ4n) is 9.50. The Morgan fingerprint density at radius 2 is 1.07 bits per heavy atom. The molecule has 4 aromatic carbocycles. The summed E-state index contributed by atoms with van der Waals surface area (Å²) in [6.45, 7) is -1.47. The van der Waals surface area contributed by atoms with Gasteiger partial charge in [-0.3, -0.25) is 4.79 Å². The third kappa shape index (κ3) is 7.98. The fraction of sp³-hybridized carbons (Fsp3) is 0.432. The minimum atomic E-state index is -1.85. The van der Waals surface area contributed by atoms with Gasteiger partial charge < -0.3 is 80.2 Å². The first kappa shape index (κ1) is 42.6. The summed E-state index contributed by atoms with van der Waals surface area (Å²) in [6.07, 6.45) is -16.1. The number of rotatable bonds is 9. The summed E-state index contributed by atoms with van der Waals surface area (Å²) in [6, 6.07) is 18.3. The first-order chi connectivity index (χ1) is 29.2. The molecule has 8 rings (SSSR count). The van der Waals surface area contributed by atoms with Gasteiger partial charge in [-0.1, -0.05) is 24.3 Å². The molecular formula is C44H48O17. The zero-order valence-electron chi connectivity index (χ0n) is 32.5. The van der Waals surface area contributed by atoms with Crippen molar-refractivity contribution in [3.8, 4) is 34.5 Å². The lowest BCUT2D eigenvalue weighted by Gasteiger charge is -2.45. The average molecular weight is 849 g/mol. The van der Waals surface area contributed by atoms with Crippen LogP contribution in [0.5, 0.6) is 34.5 Å². The normalized spacial score (nSPS) is 33.7. The second-order valence-corrected chi connectivity index (χ2v) is 16.2. The molecule has 0 radical (unpaired) electrons. The first-order valence-corrected chi connectivity index (χ1v) is 19.9. The minimum Gasteiger partial charge on any atom is -0.508 e. The second-order valence-electron chi connectivity index (χ2n) is 16.2. The van der Waals surface area contributed by atoms with Gasteiger partial charge in [-0.25, -0.2) is 0 Å². The average Bonchev–Trinajstić information content (AvgIpc) is 3.23. The number of aliphatic hydroxyl groups excluding tert-OH is 8. The zero-order chi connectivity index (χ0) is 43.4. The Hall–Kier alpha value is -5.05. The summed E-state index contributed by atoms with van der Waals surface area (Å²) < 4.78 is 23.7. The highest BCUT2D eigenvalue weighted by molar-refractivity contribution is 6.02. The van der Waals surface area contributed by atoms with Crippen molar-refractivity contribution in [1.82, 2.24) is 0 Å². The van der Waals surface area contributed by atoms with Crippen molar-refractivity contribution in [2.75, 3.05) is 13.2 Å². The number of hydrogen-bond donors (Lipinski definition) is 12. The van der Waals surface area contributed by atoms with Gasteiger partial charge in [0.25, 0.3) is 0 Å². The van der Waals surface area contributed by atoms with Gasteiger partial charge >= 0.3 is 0 Å². The lowest BCUT2D eigenvalue weighted by Crippen LogP contribution is -2.60. The molecule has 14 atom stereocenters. The maximum Gasteiger partial charge on any atom is 0.229 e. The van der Waals surface area contributed by atoms with Crippen LogP contribution in [0.2, 0.25) is 0 Å². The van der Waals surface area contributed by atoms with Crippen molar-refractivity contribution in [1.29, 1.82) is 0 Å². The van der Waals surface area contributed by atoms with Gasteiger partial charge in [0.15, 0.2) is 5.78 Å². The summed E-state index contributed by atoms with van der Waals surface area (Å²) in [4.78, 5) is 14.5. The van der Waals surface area contributed by atoms with E-state index in [0.29, 0.717) is 29.5 Å². The molecule has 2 saturated heterocycles. The number of carbonyl (C=O) groups is 1. The van der Waals surface area contributed by atoms with Gasteiger partial charge in [0, 0.05) is 24.1 Å². The number of ketones is 1. The van der Waals surface area contributed by atoms with Crippen molar-refractivity contribution in [3.63, 3.8) is 0 Å². The number of carbonyl (C=O) groups excluding carboxylic acids is 1. The molecule has 6 unspecified atom stereocenters. The van der Waals surface area contributed by atoms with Crippen molar-refractivity contribution in [3.05, 3.63) is 106 Å². The number of hydrogen-bond acceptors (Lipinski definition) is 17. The van der Waals surface area contributed by atoms with Crippen LogP contribution >= 0.6 is 0 Å². The highest BCUT2D eigenvalue weighted by Gasteiger charge is 2.50. The molecule has 2 heterocycles. The van der Waals surface area contributed by atoms with Crippen LogP contribution in [0, 0.1) is 0 Å². The molecule has 17 nitrogen and oxygen atoms in total. The van der Waals surface area contributed by atoms with Crippen LogP contribution < -0.4 is 9.47 Å². The molecule has 2 fully saturated rings. The molecule has 4 aromatic rings. The third-order valence-corrected chi connectivity index (χ3v) is 12.5. The molecule has 0 saturated carbocycles. The van der Waals surface area contributed by atoms with Gasteiger partial charge in [0.1, 0.15) is 83.3 Å². The van der Waals surface area contributed by atoms with E-state index in [1.165, 1.54) is 24.3 Å². The lowest BCUT2D eigenvalue weighted by molar-refractivity contribution is -0.277. The van der Waals surface area contributed by atoms with Crippen LogP contribution in [0.1, 0.15) is 74.7 Å². The smallest absolute Gasteiger partial charge is 0.229 e. The SMILES string of the molecule is O=C1CC(c2ccc(O)cc2)C(C2CC(c3ccc(O)cc3)Cc3cc(O)cc(OC4O[C@H](CO)[C@@H](O)[C@H](O)[C@H]4O)c32)c2cc(O)cc(OC3O[C@H](CO)[C@@H](O)[C@H](O)[C@H]3O)c21. The molecule has 61 heavy (non-hydrogen) atoms. The standard InChI is InChI=1S/C44H48O17/c45-16-32-37(52)39(54)41(56)43(60-32)58-30-13-24(49)10-21-9-20(18-1-5-22(47)6-2-18)11-27(34(21)30)35-26(19-3-7-23(48)8-4-19)15-29(51)36-28(35)12-25(50)14-31(36)59-44-42(57)40(55)38(53)33(17-46)61-44/h1-8,10,12-14,20,26-27,32-33,35,37-50,52-57H,9,11,15-17H2/t20?,26?,27?,32-,33-,35?,37-,38-,39+,40+,41-,42-,43?,44?/m1/s1. The van der Waals surface area contributed by atoms with Crippen LogP contribution in [0.15, 0.2) is 72.8 Å². The largest absolute Gasteiger partial charge is 0.508 e. The monoisotopic (exact) mass is 848 g/mol. The van der Waals surface area contributed by atoms with Crippen LogP contribution in [0.4, 0.5) is 0 Å². The molecule has 0 spiro atoms. The quantitative estimate of drug-likeness (QED) is 0.111. The number of fused-ring (bicyclic) bond motifs is 2. The molecule has 12 N–H and O–H groups in total. The van der Waals surface area contributed by atoms with E-state index < -0.39 is 98.2 Å². The minimum absolute atomic E-state index is 0.00160. The predicted molar refractivity (Wildman–Crippen MR) is 209 cm³/mol. The Kier molecular flexibility index (Phi) is 11.9. The molecule has 4 aliphatic rings. The van der Waals surface area contributed by atoms with Gasteiger partial charge in [-0.15, -0.1) is 0 Å². The van der Waals surface area contributed by atoms with E-state index in [1.54, 1.807) is 42.5 Å². The number of phenols is 4. The van der Waals surface area contributed by atoms with Crippen LogP contribution in [-0.2, 0) is 15.9 Å². The van der Waals surface area contributed by atoms with Crippen LogP contribution in [0.25, 0.3) is 0 Å². The number of aromatic hydroxyl groups is 4. The van der Waals surface area contributed by atoms with Gasteiger partial charge in [-0.05, 0) is 95.2 Å². The molecule has 17 heteroatoms. The van der Waals surface area contributed by atoms with Crippen LogP contribution in [0.3, 0.4) is 0 Å². The Bertz CT molecular complexity index is 2210. The summed E-state index contributed by atoms with van der Waals surface area (Å²) in [5, 5.41) is 127. The Balaban J connectivity index is 1.31. The molecule has 0 amide bonds. The van der Waals surface area contributed by atoms with E-state index >= 15 is 0 Å². The Morgan fingerprint density at radius 3 is 1.62 bits per heavy atom. The van der Waals surface area contributed by atoms with Crippen molar-refractivity contribution >= 4 is 5.78 Å². The lowest BCUT2D eigenvalue weighted by atomic mass is 9.60. The Morgan fingerprint density at radius 1 is 0.557 bits per heavy atom. The van der Waals surface area contributed by atoms with Gasteiger partial charge in [-0.2, -0.15) is 0 Å². The van der Waals surface area contributed by atoms with Crippen molar-refractivity contribution in [2.45, 2.75) is 104 Å². The zero-order valence-corrected chi connectivity index (χ0v) is 32.5. The maximum atomic E-state index is 14.5. The van der Waals surface area contributed by atoms with Crippen molar-refractivity contribution in [2.24, 2.45) is 0 Å². The van der Waals surface area contributed by atoms with E-state index in [4.69, 9.17) is 18.9 Å². The number of ether oxygens (including phenoxy) is 4. The topological polar surface area (TPSA) is 297 Å². The highest BCUT2D eigenvalue weighted by Crippen LogP contribution is 2.59. The van der Waals surface area contributed by atoms with Gasteiger partial charge in [0.2, 0.25) is 12.6 Å². The summed E-state index contributed by atoms with van der Waals surface area (Å²) in [5.74, 6) is -3.69. The second kappa shape index (κ2) is 17.0. The predicted octanol–water partition coefficient (Wildman–Crippen LogP) is 0.834. The van der Waals surface area contributed by atoms with Crippen LogP contribution in [-0.4, -0.2) is 142 Å². The molecule has 2 aliphatic heterocycles. The highest BCUT2D eigenvalue weighted by atomic mass is 16.7. The number of benzene rings is 4. The third-order valence-electron chi connectivity index (χ3n) is 12.5. The maximum absolute atomic E-state index is 14.5. The number of phenolic OH excluding ortho intramolecular Hbond substituents is 4. The Labute approximate surface area is 348 Å². The van der Waals surface area contributed by atoms with Gasteiger partial charge in [0.05, 0.1) is 18.8 Å². The molecule has 0 bridgehead atoms. The summed E-state index contributed by atoms with van der Waals surface area (Å²) in [5.41, 5.74) is 2.81. The molecule has 326 valence electrons. The first-order valence-electron chi connectivity index (χ1n) is 19.9. The summed E-state index contributed by atoms with van der Waals surface area (Å²) in [7, 11) is 0. The molecular weight excluding hydrogens is 800 g/mol. The van der Waals surface area contributed by atoms with E-state index in [2.05, 4.69) is 0 Å². The van der Waals surface area contributed by atoms with E-state index in [1.807, 2.05) is 0 Å². The summed E-state index contributed by atoms with van der Waals surface area (Å²) >= 11 is 0. The molecule has 0 aromatic heterocycles.